The molecule has 2 atom stereocenters. The summed E-state index contributed by atoms with van der Waals surface area (Å²) in [6, 6.07) is 0. The maximum atomic E-state index is 3.74. The third kappa shape index (κ3) is 13.7. The summed E-state index contributed by atoms with van der Waals surface area (Å²) in [4.78, 5) is 2.77. The van der Waals surface area contributed by atoms with E-state index in [2.05, 4.69) is 44.4 Å². The van der Waals surface area contributed by atoms with E-state index in [1.807, 2.05) is 0 Å². The SMILES string of the molecule is CCCCCCC(CCCC)CN1CCC(C#CC(CCCC)CCCCC)CC1. The maximum absolute atomic E-state index is 3.74. The molecule has 0 spiro atoms. The fourth-order valence-corrected chi connectivity index (χ4v) is 4.92. The van der Waals surface area contributed by atoms with Crippen molar-refractivity contribution in [3.63, 3.8) is 0 Å². The molecule has 1 heterocycles. The molecule has 1 aliphatic heterocycles. The second-order valence-corrected chi connectivity index (χ2v) is 10.1. The number of unbranched alkanes of at least 4 members (excludes halogenated alkanes) is 7. The zero-order valence-electron chi connectivity index (χ0n) is 21.3. The minimum atomic E-state index is 0.662. The number of piperidine rings is 1. The van der Waals surface area contributed by atoms with Gasteiger partial charge in [-0.15, -0.1) is 0 Å². The molecule has 0 aromatic rings. The Hall–Kier alpha value is -0.480. The van der Waals surface area contributed by atoms with Crippen LogP contribution in [-0.4, -0.2) is 24.5 Å². The quantitative estimate of drug-likeness (QED) is 0.169. The Kier molecular flexibility index (Phi) is 17.7. The van der Waals surface area contributed by atoms with Crippen LogP contribution in [0.1, 0.15) is 137 Å². The molecule has 2 unspecified atom stereocenters. The predicted octanol–water partition coefficient (Wildman–Crippen LogP) is 8.87. The highest BCUT2D eigenvalue weighted by Crippen LogP contribution is 2.23. The molecular weight excluding hydrogens is 362 g/mol. The Bertz CT molecular complexity index is 423. The minimum absolute atomic E-state index is 0.662. The van der Waals surface area contributed by atoms with E-state index in [4.69, 9.17) is 0 Å². The Morgan fingerprint density at radius 3 is 1.87 bits per heavy atom. The minimum Gasteiger partial charge on any atom is -0.303 e. The first-order valence-electron chi connectivity index (χ1n) is 14.0. The molecule has 0 saturated carbocycles. The highest BCUT2D eigenvalue weighted by molar-refractivity contribution is 5.08. The molecule has 0 aromatic heterocycles. The molecule has 0 radical (unpaired) electrons. The van der Waals surface area contributed by atoms with Gasteiger partial charge in [-0.25, -0.2) is 0 Å². The van der Waals surface area contributed by atoms with Crippen LogP contribution in [0, 0.1) is 29.6 Å². The molecule has 1 aliphatic rings. The van der Waals surface area contributed by atoms with Gasteiger partial charge in [0, 0.05) is 18.4 Å². The van der Waals surface area contributed by atoms with E-state index < -0.39 is 0 Å². The van der Waals surface area contributed by atoms with Crippen molar-refractivity contribution in [3.05, 3.63) is 0 Å². The molecule has 1 rings (SSSR count). The molecule has 0 aromatic carbocycles. The molecule has 0 N–H and O–H groups in total. The molecule has 0 bridgehead atoms. The summed E-state index contributed by atoms with van der Waals surface area (Å²) < 4.78 is 0. The fourth-order valence-electron chi connectivity index (χ4n) is 4.92. The van der Waals surface area contributed by atoms with Crippen molar-refractivity contribution in [2.24, 2.45) is 17.8 Å². The second kappa shape index (κ2) is 19.2. The average molecular weight is 418 g/mol. The Morgan fingerprint density at radius 2 is 1.20 bits per heavy atom. The van der Waals surface area contributed by atoms with Gasteiger partial charge in [-0.2, -0.15) is 0 Å². The zero-order chi connectivity index (χ0) is 21.9. The Labute approximate surface area is 191 Å². The second-order valence-electron chi connectivity index (χ2n) is 10.1. The smallest absolute Gasteiger partial charge is 0.0227 e. The number of hydrogen-bond acceptors (Lipinski definition) is 1. The van der Waals surface area contributed by atoms with Gasteiger partial charge >= 0.3 is 0 Å². The van der Waals surface area contributed by atoms with Gasteiger partial charge in [0.15, 0.2) is 0 Å². The van der Waals surface area contributed by atoms with E-state index in [9.17, 15) is 0 Å². The molecule has 0 amide bonds. The first-order valence-corrected chi connectivity index (χ1v) is 14.0. The van der Waals surface area contributed by atoms with Crippen molar-refractivity contribution in [2.75, 3.05) is 19.6 Å². The van der Waals surface area contributed by atoms with Gasteiger partial charge in [0.25, 0.3) is 0 Å². The van der Waals surface area contributed by atoms with Crippen LogP contribution in [0.4, 0.5) is 0 Å². The number of likely N-dealkylation sites (tertiary alicyclic amines) is 1. The van der Waals surface area contributed by atoms with Crippen molar-refractivity contribution in [1.29, 1.82) is 0 Å². The highest BCUT2D eigenvalue weighted by atomic mass is 15.1. The fraction of sp³-hybridized carbons (Fsp3) is 0.931. The zero-order valence-corrected chi connectivity index (χ0v) is 21.3. The normalized spacial score (nSPS) is 17.5. The first-order chi connectivity index (χ1) is 14.7. The van der Waals surface area contributed by atoms with E-state index in [1.54, 1.807) is 0 Å². The van der Waals surface area contributed by atoms with Gasteiger partial charge < -0.3 is 4.90 Å². The van der Waals surface area contributed by atoms with Crippen molar-refractivity contribution >= 4 is 0 Å². The molecule has 1 saturated heterocycles. The summed E-state index contributed by atoms with van der Waals surface area (Å²) in [5, 5.41) is 0. The van der Waals surface area contributed by atoms with Gasteiger partial charge in [-0.3, -0.25) is 0 Å². The van der Waals surface area contributed by atoms with Crippen molar-refractivity contribution in [2.45, 2.75) is 137 Å². The van der Waals surface area contributed by atoms with Crippen LogP contribution in [0.15, 0.2) is 0 Å². The first kappa shape index (κ1) is 27.6. The third-order valence-corrected chi connectivity index (χ3v) is 7.09. The van der Waals surface area contributed by atoms with Crippen molar-refractivity contribution in [3.8, 4) is 11.8 Å². The lowest BCUT2D eigenvalue weighted by Gasteiger charge is -2.33. The monoisotopic (exact) mass is 417 g/mol. The number of nitrogens with zero attached hydrogens (tertiary/aromatic N) is 1. The Balaban J connectivity index is 2.40. The standard InChI is InChI=1S/C29H55N/c1-5-9-13-15-19-29(17-12-8-4)26-30-24-22-28(23-25-30)21-20-27(16-11-7-3)18-14-10-6-2/h27-29H,5-19,22-26H2,1-4H3. The van der Waals surface area contributed by atoms with E-state index in [-0.39, 0.29) is 0 Å². The third-order valence-electron chi connectivity index (χ3n) is 7.09. The van der Waals surface area contributed by atoms with Gasteiger partial charge in [-0.05, 0) is 57.5 Å². The topological polar surface area (TPSA) is 3.24 Å². The van der Waals surface area contributed by atoms with Gasteiger partial charge in [0.2, 0.25) is 0 Å². The summed E-state index contributed by atoms with van der Waals surface area (Å²) in [5.41, 5.74) is 0. The van der Waals surface area contributed by atoms with Crippen LogP contribution >= 0.6 is 0 Å². The summed E-state index contributed by atoms with van der Waals surface area (Å²) in [6.45, 7) is 13.2. The van der Waals surface area contributed by atoms with Crippen LogP contribution in [0.25, 0.3) is 0 Å². The molecular formula is C29H55N. The molecule has 1 nitrogen and oxygen atoms in total. The predicted molar refractivity (Wildman–Crippen MR) is 136 cm³/mol. The van der Waals surface area contributed by atoms with Crippen LogP contribution in [0.3, 0.4) is 0 Å². The molecule has 1 heteroatoms. The highest BCUT2D eigenvalue weighted by Gasteiger charge is 2.20. The number of hydrogen-bond donors (Lipinski definition) is 0. The van der Waals surface area contributed by atoms with Crippen molar-refractivity contribution in [1.82, 2.24) is 4.90 Å². The van der Waals surface area contributed by atoms with Gasteiger partial charge in [0.05, 0.1) is 0 Å². The van der Waals surface area contributed by atoms with Crippen LogP contribution in [0.2, 0.25) is 0 Å². The van der Waals surface area contributed by atoms with Gasteiger partial charge in [-0.1, -0.05) is 110 Å². The van der Waals surface area contributed by atoms with E-state index >= 15 is 0 Å². The molecule has 30 heavy (non-hydrogen) atoms. The van der Waals surface area contributed by atoms with E-state index in [0.29, 0.717) is 11.8 Å². The van der Waals surface area contributed by atoms with E-state index in [0.717, 1.165) is 5.92 Å². The lowest BCUT2D eigenvalue weighted by Crippen LogP contribution is -2.37. The average Bonchev–Trinajstić information content (AvgIpc) is 2.77. The summed E-state index contributed by atoms with van der Waals surface area (Å²) in [7, 11) is 0. The van der Waals surface area contributed by atoms with Crippen molar-refractivity contribution < 1.29 is 0 Å². The van der Waals surface area contributed by atoms with Crippen LogP contribution in [0.5, 0.6) is 0 Å². The lowest BCUT2D eigenvalue weighted by molar-refractivity contribution is 0.167. The Morgan fingerprint density at radius 1 is 0.667 bits per heavy atom. The lowest BCUT2D eigenvalue weighted by atomic mass is 9.91. The molecule has 176 valence electrons. The maximum Gasteiger partial charge on any atom is 0.0227 e. The number of rotatable bonds is 17. The van der Waals surface area contributed by atoms with Crippen LogP contribution < -0.4 is 0 Å². The molecule has 0 aliphatic carbocycles. The van der Waals surface area contributed by atoms with Crippen LogP contribution in [-0.2, 0) is 0 Å². The summed E-state index contributed by atoms with van der Waals surface area (Å²) in [5.74, 6) is 9.73. The molecule has 1 fully saturated rings. The summed E-state index contributed by atoms with van der Waals surface area (Å²) in [6.07, 6.45) is 23.3. The summed E-state index contributed by atoms with van der Waals surface area (Å²) >= 11 is 0. The van der Waals surface area contributed by atoms with E-state index in [1.165, 1.54) is 129 Å². The van der Waals surface area contributed by atoms with Gasteiger partial charge in [0.1, 0.15) is 0 Å². The largest absolute Gasteiger partial charge is 0.303 e.